The number of nitrogens with zero attached hydrogens (tertiary/aromatic N) is 2. The molecule has 19 heavy (non-hydrogen) atoms. The Labute approximate surface area is 116 Å². The standard InChI is InChI=1S/C16H23N3/c1-2-18-16(13-17,15-9-5-3-6-10-15)14-19-11-7-4-8-12-19/h3,5-6,9-10,18H,2,4,7-8,11-12,14H2,1H3. The van der Waals surface area contributed by atoms with Crippen LogP contribution in [-0.4, -0.2) is 31.1 Å². The quantitative estimate of drug-likeness (QED) is 0.881. The zero-order chi connectivity index (χ0) is 13.6. The van der Waals surface area contributed by atoms with Crippen LogP contribution < -0.4 is 5.32 Å². The molecule has 1 atom stereocenters. The van der Waals surface area contributed by atoms with E-state index in [1.54, 1.807) is 0 Å². The molecule has 3 nitrogen and oxygen atoms in total. The summed E-state index contributed by atoms with van der Waals surface area (Å²) in [6.45, 7) is 5.87. The summed E-state index contributed by atoms with van der Waals surface area (Å²) >= 11 is 0. The molecular weight excluding hydrogens is 234 g/mol. The van der Waals surface area contributed by atoms with E-state index in [0.717, 1.165) is 31.7 Å². The molecular formula is C16H23N3. The molecule has 1 aromatic carbocycles. The van der Waals surface area contributed by atoms with Gasteiger partial charge in [0, 0.05) is 6.54 Å². The molecule has 3 heteroatoms. The number of likely N-dealkylation sites (N-methyl/N-ethyl adjacent to an activating group) is 1. The van der Waals surface area contributed by atoms with Crippen molar-refractivity contribution < 1.29 is 0 Å². The molecule has 0 radical (unpaired) electrons. The summed E-state index contributed by atoms with van der Waals surface area (Å²) in [5.74, 6) is 0. The lowest BCUT2D eigenvalue weighted by atomic mass is 9.90. The Kier molecular flexibility index (Phi) is 4.95. The molecule has 1 unspecified atom stereocenters. The lowest BCUT2D eigenvalue weighted by Gasteiger charge is -2.36. The zero-order valence-corrected chi connectivity index (χ0v) is 11.7. The summed E-state index contributed by atoms with van der Waals surface area (Å²) in [5, 5.41) is 13.2. The van der Waals surface area contributed by atoms with E-state index in [1.807, 2.05) is 18.2 Å². The maximum atomic E-state index is 9.75. The van der Waals surface area contributed by atoms with E-state index < -0.39 is 5.54 Å². The summed E-state index contributed by atoms with van der Waals surface area (Å²) in [6.07, 6.45) is 3.83. The normalized spacial score (nSPS) is 19.6. The average molecular weight is 257 g/mol. The minimum absolute atomic E-state index is 0.576. The predicted octanol–water partition coefficient (Wildman–Crippen LogP) is 2.50. The SMILES string of the molecule is CCNC(C#N)(CN1CCCCC1)c1ccccc1. The number of piperidine rings is 1. The first-order valence-corrected chi connectivity index (χ1v) is 7.25. The summed E-state index contributed by atoms with van der Waals surface area (Å²) in [7, 11) is 0. The first-order valence-electron chi connectivity index (χ1n) is 7.25. The Hall–Kier alpha value is -1.37. The fourth-order valence-electron chi connectivity index (χ4n) is 2.87. The van der Waals surface area contributed by atoms with E-state index in [9.17, 15) is 5.26 Å². The number of hydrogen-bond donors (Lipinski definition) is 1. The third kappa shape index (κ3) is 3.34. The number of hydrogen-bond acceptors (Lipinski definition) is 3. The molecule has 0 spiro atoms. The van der Waals surface area contributed by atoms with Crippen molar-refractivity contribution >= 4 is 0 Å². The molecule has 1 saturated heterocycles. The number of nitriles is 1. The smallest absolute Gasteiger partial charge is 0.145 e. The van der Waals surface area contributed by atoms with E-state index in [1.165, 1.54) is 19.3 Å². The summed E-state index contributed by atoms with van der Waals surface area (Å²) in [6, 6.07) is 12.6. The monoisotopic (exact) mass is 257 g/mol. The van der Waals surface area contributed by atoms with Crippen LogP contribution >= 0.6 is 0 Å². The molecule has 1 aliphatic heterocycles. The van der Waals surface area contributed by atoms with Crippen molar-refractivity contribution in [3.05, 3.63) is 35.9 Å². The van der Waals surface area contributed by atoms with Gasteiger partial charge in [0.2, 0.25) is 0 Å². The van der Waals surface area contributed by atoms with Gasteiger partial charge >= 0.3 is 0 Å². The van der Waals surface area contributed by atoms with E-state index >= 15 is 0 Å². The third-order valence-corrected chi connectivity index (χ3v) is 3.85. The second kappa shape index (κ2) is 6.70. The van der Waals surface area contributed by atoms with Gasteiger partial charge in [0.15, 0.2) is 0 Å². The summed E-state index contributed by atoms with van der Waals surface area (Å²) in [5.41, 5.74) is 0.498. The number of nitrogens with one attached hydrogen (secondary N) is 1. The van der Waals surface area contributed by atoms with E-state index in [2.05, 4.69) is 35.3 Å². The highest BCUT2D eigenvalue weighted by Gasteiger charge is 2.33. The Morgan fingerprint density at radius 3 is 2.47 bits per heavy atom. The second-order valence-corrected chi connectivity index (χ2v) is 5.25. The van der Waals surface area contributed by atoms with Crippen molar-refractivity contribution in [1.29, 1.82) is 5.26 Å². The lowest BCUT2D eigenvalue weighted by Crippen LogP contribution is -2.51. The minimum Gasteiger partial charge on any atom is -0.300 e. The fourth-order valence-corrected chi connectivity index (χ4v) is 2.87. The van der Waals surface area contributed by atoms with Gasteiger partial charge in [-0.05, 0) is 38.0 Å². The molecule has 1 fully saturated rings. The van der Waals surface area contributed by atoms with Gasteiger partial charge in [-0.1, -0.05) is 43.7 Å². The van der Waals surface area contributed by atoms with Crippen molar-refractivity contribution in [2.45, 2.75) is 31.7 Å². The van der Waals surface area contributed by atoms with Crippen molar-refractivity contribution in [2.24, 2.45) is 0 Å². The van der Waals surface area contributed by atoms with Gasteiger partial charge in [-0.25, -0.2) is 0 Å². The maximum absolute atomic E-state index is 9.75. The van der Waals surface area contributed by atoms with Crippen molar-refractivity contribution in [3.8, 4) is 6.07 Å². The van der Waals surface area contributed by atoms with Gasteiger partial charge in [0.25, 0.3) is 0 Å². The van der Waals surface area contributed by atoms with Gasteiger partial charge in [-0.3, -0.25) is 5.32 Å². The van der Waals surface area contributed by atoms with Crippen LogP contribution in [0.2, 0.25) is 0 Å². The highest BCUT2D eigenvalue weighted by molar-refractivity contribution is 5.32. The van der Waals surface area contributed by atoms with Crippen LogP contribution in [0.15, 0.2) is 30.3 Å². The van der Waals surface area contributed by atoms with Crippen molar-refractivity contribution in [2.75, 3.05) is 26.2 Å². The van der Waals surface area contributed by atoms with Crippen LogP contribution in [0.25, 0.3) is 0 Å². The van der Waals surface area contributed by atoms with Crippen molar-refractivity contribution in [1.82, 2.24) is 10.2 Å². The van der Waals surface area contributed by atoms with E-state index in [-0.39, 0.29) is 0 Å². The van der Waals surface area contributed by atoms with Gasteiger partial charge in [-0.2, -0.15) is 5.26 Å². The Morgan fingerprint density at radius 2 is 1.89 bits per heavy atom. The molecule has 0 aliphatic carbocycles. The predicted molar refractivity (Wildman–Crippen MR) is 77.7 cm³/mol. The van der Waals surface area contributed by atoms with Gasteiger partial charge in [0.05, 0.1) is 6.07 Å². The van der Waals surface area contributed by atoms with Crippen LogP contribution in [0.5, 0.6) is 0 Å². The highest BCUT2D eigenvalue weighted by Crippen LogP contribution is 2.23. The number of likely N-dealkylation sites (tertiary alicyclic amines) is 1. The van der Waals surface area contributed by atoms with Gasteiger partial charge in [0.1, 0.15) is 5.54 Å². The molecule has 2 rings (SSSR count). The van der Waals surface area contributed by atoms with Crippen LogP contribution in [0, 0.1) is 11.3 Å². The summed E-state index contributed by atoms with van der Waals surface area (Å²) < 4.78 is 0. The van der Waals surface area contributed by atoms with Crippen LogP contribution in [0.4, 0.5) is 0 Å². The van der Waals surface area contributed by atoms with Gasteiger partial charge < -0.3 is 4.90 Å². The molecule has 0 aromatic heterocycles. The molecule has 0 amide bonds. The Morgan fingerprint density at radius 1 is 1.21 bits per heavy atom. The second-order valence-electron chi connectivity index (χ2n) is 5.25. The van der Waals surface area contributed by atoms with E-state index in [0.29, 0.717) is 0 Å². The topological polar surface area (TPSA) is 39.1 Å². The number of rotatable bonds is 5. The first-order chi connectivity index (χ1) is 9.30. The summed E-state index contributed by atoms with van der Waals surface area (Å²) in [4.78, 5) is 2.42. The molecule has 102 valence electrons. The van der Waals surface area contributed by atoms with E-state index in [4.69, 9.17) is 0 Å². The lowest BCUT2D eigenvalue weighted by molar-refractivity contribution is 0.182. The Balaban J connectivity index is 2.21. The highest BCUT2D eigenvalue weighted by atomic mass is 15.2. The number of benzene rings is 1. The molecule has 1 N–H and O–H groups in total. The zero-order valence-electron chi connectivity index (χ0n) is 11.7. The minimum atomic E-state index is -0.576. The average Bonchev–Trinajstić information content (AvgIpc) is 2.49. The molecule has 0 saturated carbocycles. The molecule has 1 aliphatic rings. The van der Waals surface area contributed by atoms with Crippen LogP contribution in [0.1, 0.15) is 31.7 Å². The van der Waals surface area contributed by atoms with Crippen LogP contribution in [-0.2, 0) is 5.54 Å². The van der Waals surface area contributed by atoms with Gasteiger partial charge in [-0.15, -0.1) is 0 Å². The molecule has 1 aromatic rings. The Bertz CT molecular complexity index is 417. The van der Waals surface area contributed by atoms with Crippen molar-refractivity contribution in [3.63, 3.8) is 0 Å². The third-order valence-electron chi connectivity index (χ3n) is 3.85. The van der Waals surface area contributed by atoms with Crippen LogP contribution in [0.3, 0.4) is 0 Å². The largest absolute Gasteiger partial charge is 0.300 e. The first kappa shape index (κ1) is 14.0. The fraction of sp³-hybridized carbons (Fsp3) is 0.562. The molecule has 0 bridgehead atoms. The molecule has 1 heterocycles. The maximum Gasteiger partial charge on any atom is 0.145 e.